The fourth-order valence-corrected chi connectivity index (χ4v) is 0.953. The molecule has 6 heteroatoms. The van der Waals surface area contributed by atoms with Crippen molar-refractivity contribution in [1.29, 1.82) is 0 Å². The first-order valence-electron chi connectivity index (χ1n) is 4.03. The third-order valence-electron chi connectivity index (χ3n) is 1.65. The average molecular weight is 198 g/mol. The van der Waals surface area contributed by atoms with Crippen LogP contribution >= 0.6 is 0 Å². The van der Waals surface area contributed by atoms with Gasteiger partial charge in [-0.15, -0.1) is 0 Å². The molecule has 1 rings (SSSR count). The van der Waals surface area contributed by atoms with E-state index in [4.69, 9.17) is 0 Å². The summed E-state index contributed by atoms with van der Waals surface area (Å²) in [6, 6.07) is 0. The number of imide groups is 1. The van der Waals surface area contributed by atoms with Crippen LogP contribution in [0.5, 0.6) is 0 Å². The van der Waals surface area contributed by atoms with Crippen molar-refractivity contribution in [2.24, 2.45) is 0 Å². The van der Waals surface area contributed by atoms with Crippen LogP contribution in [0.25, 0.3) is 0 Å². The zero-order chi connectivity index (χ0) is 10.6. The molecule has 0 fully saturated rings. The molecule has 1 N–H and O–H groups in total. The number of ether oxygens (including phenoxy) is 1. The summed E-state index contributed by atoms with van der Waals surface area (Å²) in [5, 5.41) is 2.25. The molecule has 0 atom stereocenters. The van der Waals surface area contributed by atoms with Crippen LogP contribution in [-0.4, -0.2) is 43.0 Å². The van der Waals surface area contributed by atoms with Crippen molar-refractivity contribution in [3.63, 3.8) is 0 Å². The quantitative estimate of drug-likeness (QED) is 0.606. The Labute approximate surface area is 80.5 Å². The van der Waals surface area contributed by atoms with Crippen LogP contribution in [0, 0.1) is 0 Å². The van der Waals surface area contributed by atoms with E-state index in [2.05, 4.69) is 10.1 Å². The SMILES string of the molecule is CNC(=O)OCCN1C(=O)C=CC1=O. The summed E-state index contributed by atoms with van der Waals surface area (Å²) < 4.78 is 4.63. The average Bonchev–Trinajstić information content (AvgIpc) is 2.48. The van der Waals surface area contributed by atoms with Crippen molar-refractivity contribution in [1.82, 2.24) is 10.2 Å². The van der Waals surface area contributed by atoms with E-state index in [1.54, 1.807) is 0 Å². The van der Waals surface area contributed by atoms with Gasteiger partial charge in [-0.25, -0.2) is 4.79 Å². The number of carbonyl (C=O) groups excluding carboxylic acids is 3. The van der Waals surface area contributed by atoms with Gasteiger partial charge in [0.2, 0.25) is 0 Å². The molecule has 3 amide bonds. The lowest BCUT2D eigenvalue weighted by Gasteiger charge is -2.13. The maximum absolute atomic E-state index is 11.0. The number of hydrogen-bond donors (Lipinski definition) is 1. The van der Waals surface area contributed by atoms with Crippen molar-refractivity contribution in [2.45, 2.75) is 0 Å². The second-order valence-electron chi connectivity index (χ2n) is 2.55. The van der Waals surface area contributed by atoms with Crippen molar-refractivity contribution in [2.75, 3.05) is 20.2 Å². The molecule has 76 valence electrons. The molecule has 0 unspecified atom stereocenters. The van der Waals surface area contributed by atoms with Gasteiger partial charge in [-0.3, -0.25) is 14.5 Å². The molecule has 1 heterocycles. The Kier molecular flexibility index (Phi) is 3.22. The van der Waals surface area contributed by atoms with E-state index < -0.39 is 6.09 Å². The summed E-state index contributed by atoms with van der Waals surface area (Å²) in [6.07, 6.45) is 1.78. The summed E-state index contributed by atoms with van der Waals surface area (Å²) in [4.78, 5) is 33.6. The van der Waals surface area contributed by atoms with Gasteiger partial charge in [0.25, 0.3) is 11.8 Å². The number of hydrogen-bond acceptors (Lipinski definition) is 4. The zero-order valence-electron chi connectivity index (χ0n) is 7.65. The van der Waals surface area contributed by atoms with Crippen molar-refractivity contribution >= 4 is 17.9 Å². The van der Waals surface area contributed by atoms with Crippen LogP contribution in [0.3, 0.4) is 0 Å². The number of nitrogens with zero attached hydrogens (tertiary/aromatic N) is 1. The van der Waals surface area contributed by atoms with Crippen LogP contribution < -0.4 is 5.32 Å². The zero-order valence-corrected chi connectivity index (χ0v) is 7.65. The summed E-state index contributed by atoms with van der Waals surface area (Å²) in [6.45, 7) is 0.0803. The summed E-state index contributed by atoms with van der Waals surface area (Å²) in [5.41, 5.74) is 0. The van der Waals surface area contributed by atoms with E-state index in [-0.39, 0.29) is 25.0 Å². The molecule has 0 aromatic heterocycles. The first-order valence-corrected chi connectivity index (χ1v) is 4.03. The van der Waals surface area contributed by atoms with Crippen LogP contribution in [-0.2, 0) is 14.3 Å². The topological polar surface area (TPSA) is 75.7 Å². The second kappa shape index (κ2) is 4.40. The lowest BCUT2D eigenvalue weighted by atomic mass is 10.5. The van der Waals surface area contributed by atoms with Gasteiger partial charge in [-0.2, -0.15) is 0 Å². The van der Waals surface area contributed by atoms with E-state index in [0.29, 0.717) is 0 Å². The molecule has 0 saturated carbocycles. The molecule has 0 bridgehead atoms. The maximum atomic E-state index is 11.0. The van der Waals surface area contributed by atoms with Gasteiger partial charge in [-0.1, -0.05) is 0 Å². The van der Waals surface area contributed by atoms with E-state index in [0.717, 1.165) is 4.90 Å². The van der Waals surface area contributed by atoms with E-state index in [1.165, 1.54) is 19.2 Å². The van der Waals surface area contributed by atoms with Gasteiger partial charge in [0, 0.05) is 19.2 Å². The molecular weight excluding hydrogens is 188 g/mol. The molecule has 14 heavy (non-hydrogen) atoms. The molecule has 0 aromatic carbocycles. The Morgan fingerprint density at radius 2 is 2.00 bits per heavy atom. The molecule has 0 saturated heterocycles. The number of alkyl carbamates (subject to hydrolysis) is 1. The maximum Gasteiger partial charge on any atom is 0.406 e. The third kappa shape index (κ3) is 2.32. The number of carbonyl (C=O) groups is 3. The Balaban J connectivity index is 2.29. The van der Waals surface area contributed by atoms with Crippen LogP contribution in [0.1, 0.15) is 0 Å². The predicted octanol–water partition coefficient (Wildman–Crippen LogP) is -0.733. The summed E-state index contributed by atoms with van der Waals surface area (Å²) in [5.74, 6) is -0.758. The molecule has 1 aliphatic rings. The Morgan fingerprint density at radius 3 is 2.50 bits per heavy atom. The highest BCUT2D eigenvalue weighted by atomic mass is 16.5. The fourth-order valence-electron chi connectivity index (χ4n) is 0.953. The third-order valence-corrected chi connectivity index (χ3v) is 1.65. The largest absolute Gasteiger partial charge is 0.448 e. The summed E-state index contributed by atoms with van der Waals surface area (Å²) in [7, 11) is 1.43. The number of rotatable bonds is 3. The van der Waals surface area contributed by atoms with E-state index in [1.807, 2.05) is 0 Å². The first kappa shape index (κ1) is 10.2. The molecular formula is C8H10N2O4. The minimum Gasteiger partial charge on any atom is -0.448 e. The molecule has 1 aliphatic heterocycles. The Bertz CT molecular complexity index is 280. The minimum atomic E-state index is -0.586. The standard InChI is InChI=1S/C8H10N2O4/c1-9-8(13)14-5-4-10-6(11)2-3-7(10)12/h2-3H,4-5H2,1H3,(H,9,13). The lowest BCUT2D eigenvalue weighted by molar-refractivity contribution is -0.137. The van der Waals surface area contributed by atoms with E-state index in [9.17, 15) is 14.4 Å². The fraction of sp³-hybridized carbons (Fsp3) is 0.375. The summed E-state index contributed by atoms with van der Waals surface area (Å²) >= 11 is 0. The van der Waals surface area contributed by atoms with Crippen molar-refractivity contribution in [3.05, 3.63) is 12.2 Å². The monoisotopic (exact) mass is 198 g/mol. The van der Waals surface area contributed by atoms with Gasteiger partial charge in [-0.05, 0) is 0 Å². The van der Waals surface area contributed by atoms with E-state index >= 15 is 0 Å². The van der Waals surface area contributed by atoms with Gasteiger partial charge in [0.1, 0.15) is 6.61 Å². The first-order chi connectivity index (χ1) is 6.65. The normalized spacial score (nSPS) is 14.8. The van der Waals surface area contributed by atoms with Gasteiger partial charge < -0.3 is 10.1 Å². The van der Waals surface area contributed by atoms with Gasteiger partial charge in [0.05, 0.1) is 6.54 Å². The van der Waals surface area contributed by atoms with Crippen LogP contribution in [0.2, 0.25) is 0 Å². The Hall–Kier alpha value is -1.85. The molecule has 0 radical (unpaired) electrons. The van der Waals surface area contributed by atoms with Crippen LogP contribution in [0.15, 0.2) is 12.2 Å². The molecule has 6 nitrogen and oxygen atoms in total. The van der Waals surface area contributed by atoms with Gasteiger partial charge in [0.15, 0.2) is 0 Å². The number of amides is 3. The Morgan fingerprint density at radius 1 is 1.43 bits per heavy atom. The molecule has 0 aliphatic carbocycles. The molecule has 0 spiro atoms. The highest BCUT2D eigenvalue weighted by Crippen LogP contribution is 2.02. The minimum absolute atomic E-state index is 0.00116. The van der Waals surface area contributed by atoms with Crippen molar-refractivity contribution < 1.29 is 19.1 Å². The highest BCUT2D eigenvalue weighted by Gasteiger charge is 2.22. The van der Waals surface area contributed by atoms with Crippen molar-refractivity contribution in [3.8, 4) is 0 Å². The lowest BCUT2D eigenvalue weighted by Crippen LogP contribution is -2.34. The molecule has 0 aromatic rings. The number of nitrogens with one attached hydrogen (secondary N) is 1. The second-order valence-corrected chi connectivity index (χ2v) is 2.55. The van der Waals surface area contributed by atoms with Gasteiger partial charge >= 0.3 is 6.09 Å². The highest BCUT2D eigenvalue weighted by molar-refractivity contribution is 6.12. The predicted molar refractivity (Wildman–Crippen MR) is 46.3 cm³/mol. The van der Waals surface area contributed by atoms with Crippen LogP contribution in [0.4, 0.5) is 4.79 Å². The smallest absolute Gasteiger partial charge is 0.406 e.